The van der Waals surface area contributed by atoms with Gasteiger partial charge in [0.2, 0.25) is 0 Å². The molecular formula is C8H12F4. The highest BCUT2D eigenvalue weighted by Crippen LogP contribution is 2.65. The van der Waals surface area contributed by atoms with E-state index in [4.69, 9.17) is 0 Å². The number of halogens is 4. The topological polar surface area (TPSA) is 0 Å². The van der Waals surface area contributed by atoms with Crippen LogP contribution in [0.1, 0.15) is 26.2 Å². The van der Waals surface area contributed by atoms with Crippen molar-refractivity contribution in [1.82, 2.24) is 0 Å². The highest BCUT2D eigenvalue weighted by molar-refractivity contribution is 5.05. The Hall–Kier alpha value is -0.280. The predicted octanol–water partition coefficient (Wildman–Crippen LogP) is 3.32. The molecule has 1 aliphatic rings. The van der Waals surface area contributed by atoms with E-state index in [1.165, 1.54) is 6.92 Å². The van der Waals surface area contributed by atoms with Gasteiger partial charge in [0.15, 0.2) is 0 Å². The van der Waals surface area contributed by atoms with Crippen molar-refractivity contribution in [3.8, 4) is 0 Å². The predicted molar refractivity (Wildman–Crippen MR) is 37.5 cm³/mol. The largest absolute Gasteiger partial charge is 0.394 e. The van der Waals surface area contributed by atoms with Crippen LogP contribution in [0.4, 0.5) is 17.6 Å². The van der Waals surface area contributed by atoms with Gasteiger partial charge in [0.25, 0.3) is 0 Å². The normalized spacial score (nSPS) is 35.2. The number of alkyl halides is 4. The van der Waals surface area contributed by atoms with Gasteiger partial charge in [-0.3, -0.25) is 4.39 Å². The second kappa shape index (κ2) is 2.89. The maximum atomic E-state index is 12.3. The number of hydrogen-bond donors (Lipinski definition) is 0. The van der Waals surface area contributed by atoms with Crippen molar-refractivity contribution in [3.63, 3.8) is 0 Å². The van der Waals surface area contributed by atoms with Gasteiger partial charge in [0, 0.05) is 0 Å². The highest BCUT2D eigenvalue weighted by Gasteiger charge is 2.68. The van der Waals surface area contributed by atoms with E-state index in [9.17, 15) is 17.6 Å². The minimum absolute atomic E-state index is 0.0628. The molecule has 0 N–H and O–H groups in total. The van der Waals surface area contributed by atoms with Crippen LogP contribution in [0.5, 0.6) is 0 Å². The summed E-state index contributed by atoms with van der Waals surface area (Å²) in [5.41, 5.74) is -1.54. The van der Waals surface area contributed by atoms with E-state index in [-0.39, 0.29) is 19.3 Å². The lowest BCUT2D eigenvalue weighted by Crippen LogP contribution is -2.26. The summed E-state index contributed by atoms with van der Waals surface area (Å²) in [4.78, 5) is 0. The Morgan fingerprint density at radius 2 is 2.00 bits per heavy atom. The molecule has 0 aromatic heterocycles. The maximum Gasteiger partial charge on any atom is 0.394 e. The lowest BCUT2D eigenvalue weighted by molar-refractivity contribution is -0.193. The summed E-state index contributed by atoms with van der Waals surface area (Å²) >= 11 is 0. The van der Waals surface area contributed by atoms with E-state index in [1.54, 1.807) is 0 Å². The van der Waals surface area contributed by atoms with Gasteiger partial charge < -0.3 is 0 Å². The van der Waals surface area contributed by atoms with Gasteiger partial charge >= 0.3 is 6.18 Å². The van der Waals surface area contributed by atoms with Gasteiger partial charge in [-0.1, -0.05) is 6.92 Å². The van der Waals surface area contributed by atoms with Crippen LogP contribution in [0.3, 0.4) is 0 Å². The summed E-state index contributed by atoms with van der Waals surface area (Å²) in [7, 11) is 0. The molecule has 0 bridgehead atoms. The Balaban J connectivity index is 2.59. The summed E-state index contributed by atoms with van der Waals surface area (Å²) in [5, 5.41) is 0. The average molecular weight is 184 g/mol. The third-order valence-corrected chi connectivity index (χ3v) is 2.89. The van der Waals surface area contributed by atoms with Gasteiger partial charge in [0.05, 0.1) is 12.1 Å². The average Bonchev–Trinajstić information content (AvgIpc) is 2.63. The molecule has 0 radical (unpaired) electrons. The molecule has 0 heterocycles. The van der Waals surface area contributed by atoms with Crippen LogP contribution in [0.2, 0.25) is 0 Å². The van der Waals surface area contributed by atoms with Crippen LogP contribution < -0.4 is 0 Å². The molecule has 1 rings (SSSR count). The lowest BCUT2D eigenvalue weighted by Gasteiger charge is -2.18. The number of hydrogen-bond acceptors (Lipinski definition) is 0. The van der Waals surface area contributed by atoms with E-state index >= 15 is 0 Å². The molecule has 1 fully saturated rings. The van der Waals surface area contributed by atoms with E-state index in [0.717, 1.165) is 0 Å². The van der Waals surface area contributed by atoms with Crippen LogP contribution >= 0.6 is 0 Å². The Kier molecular flexibility index (Phi) is 2.36. The molecule has 1 aliphatic carbocycles. The molecule has 0 aliphatic heterocycles. The fourth-order valence-electron chi connectivity index (χ4n) is 1.87. The maximum absolute atomic E-state index is 12.3. The molecule has 0 aromatic carbocycles. The second-order valence-corrected chi connectivity index (χ2v) is 3.39. The minimum Gasteiger partial charge on any atom is -0.251 e. The summed E-state index contributed by atoms with van der Waals surface area (Å²) < 4.78 is 48.8. The summed E-state index contributed by atoms with van der Waals surface area (Å²) in [6, 6.07) is 0. The van der Waals surface area contributed by atoms with Gasteiger partial charge in [-0.15, -0.1) is 0 Å². The van der Waals surface area contributed by atoms with Gasteiger partial charge in [0.1, 0.15) is 0 Å². The molecular weight excluding hydrogens is 172 g/mol. The van der Waals surface area contributed by atoms with Crippen LogP contribution in [0.15, 0.2) is 0 Å². The second-order valence-electron chi connectivity index (χ2n) is 3.39. The van der Waals surface area contributed by atoms with E-state index < -0.39 is 24.2 Å². The molecule has 72 valence electrons. The first-order valence-corrected chi connectivity index (χ1v) is 4.10. The standard InChI is InChI=1S/C8H12F4/c1-2-7(8(10,11)12)5-6(7)3-4-9/h6H,2-5H2,1H3. The van der Waals surface area contributed by atoms with Crippen molar-refractivity contribution in [2.24, 2.45) is 11.3 Å². The summed E-state index contributed by atoms with van der Waals surface area (Å²) in [5.74, 6) is -0.465. The van der Waals surface area contributed by atoms with Crippen molar-refractivity contribution in [2.75, 3.05) is 6.67 Å². The molecule has 12 heavy (non-hydrogen) atoms. The molecule has 2 unspecified atom stereocenters. The molecule has 0 saturated heterocycles. The minimum atomic E-state index is -4.14. The number of rotatable bonds is 3. The molecule has 4 heteroatoms. The van der Waals surface area contributed by atoms with Crippen molar-refractivity contribution in [1.29, 1.82) is 0 Å². The van der Waals surface area contributed by atoms with Crippen molar-refractivity contribution in [3.05, 3.63) is 0 Å². The van der Waals surface area contributed by atoms with Gasteiger partial charge in [-0.2, -0.15) is 13.2 Å². The first-order valence-electron chi connectivity index (χ1n) is 4.10. The molecule has 0 spiro atoms. The first kappa shape index (κ1) is 9.81. The zero-order valence-corrected chi connectivity index (χ0v) is 6.92. The smallest absolute Gasteiger partial charge is 0.251 e. The first-order chi connectivity index (χ1) is 5.48. The summed E-state index contributed by atoms with van der Waals surface area (Å²) in [6.45, 7) is 0.883. The Morgan fingerprint density at radius 1 is 1.42 bits per heavy atom. The fourth-order valence-corrected chi connectivity index (χ4v) is 1.87. The highest BCUT2D eigenvalue weighted by atomic mass is 19.4. The zero-order chi connectivity index (χ0) is 9.41. The van der Waals surface area contributed by atoms with Crippen LogP contribution in [-0.4, -0.2) is 12.9 Å². The van der Waals surface area contributed by atoms with Crippen molar-refractivity contribution >= 4 is 0 Å². The van der Waals surface area contributed by atoms with Crippen LogP contribution in [-0.2, 0) is 0 Å². The molecule has 1 saturated carbocycles. The monoisotopic (exact) mass is 184 g/mol. The Morgan fingerprint density at radius 3 is 2.25 bits per heavy atom. The van der Waals surface area contributed by atoms with E-state index in [0.29, 0.717) is 0 Å². The van der Waals surface area contributed by atoms with Crippen molar-refractivity contribution < 1.29 is 17.6 Å². The third-order valence-electron chi connectivity index (χ3n) is 2.89. The molecule has 0 aromatic rings. The van der Waals surface area contributed by atoms with E-state index in [1.807, 2.05) is 0 Å². The Labute approximate surface area is 69.0 Å². The lowest BCUT2D eigenvalue weighted by atomic mass is 9.98. The molecule has 0 nitrogen and oxygen atoms in total. The van der Waals surface area contributed by atoms with Crippen molar-refractivity contribution in [2.45, 2.75) is 32.4 Å². The zero-order valence-electron chi connectivity index (χ0n) is 6.92. The van der Waals surface area contributed by atoms with Crippen LogP contribution in [0.25, 0.3) is 0 Å². The van der Waals surface area contributed by atoms with Gasteiger partial charge in [-0.25, -0.2) is 0 Å². The summed E-state index contributed by atoms with van der Waals surface area (Å²) in [6.07, 6.45) is -3.87. The SMILES string of the molecule is CCC1(C(F)(F)F)CC1CCF. The molecule has 0 amide bonds. The van der Waals surface area contributed by atoms with E-state index in [2.05, 4.69) is 0 Å². The van der Waals surface area contributed by atoms with Gasteiger partial charge in [-0.05, 0) is 25.2 Å². The third kappa shape index (κ3) is 1.31. The quantitative estimate of drug-likeness (QED) is 0.590. The van der Waals surface area contributed by atoms with Crippen LogP contribution in [0, 0.1) is 11.3 Å². The molecule has 2 atom stereocenters. The fraction of sp³-hybridized carbons (Fsp3) is 1.00. The Bertz CT molecular complexity index is 163.